The molecule has 1 atom stereocenters. The van der Waals surface area contributed by atoms with E-state index in [1.54, 1.807) is 16.9 Å². The number of carbonyl (C=O) groups excluding carboxylic acids is 2. The van der Waals surface area contributed by atoms with Crippen LogP contribution in [0.2, 0.25) is 0 Å². The molecule has 0 saturated carbocycles. The molecule has 1 aliphatic rings. The maximum absolute atomic E-state index is 13.0. The van der Waals surface area contributed by atoms with Crippen LogP contribution in [0.25, 0.3) is 16.0 Å². The number of thiazole rings is 1. The first kappa shape index (κ1) is 27.3. The fourth-order valence-electron chi connectivity index (χ4n) is 4.42. The summed E-state index contributed by atoms with van der Waals surface area (Å²) in [5.74, 6) is -0.00936. The van der Waals surface area contributed by atoms with Crippen LogP contribution in [0.3, 0.4) is 0 Å². The fourth-order valence-corrected chi connectivity index (χ4v) is 5.41. The van der Waals surface area contributed by atoms with Gasteiger partial charge in [-0.25, -0.2) is 9.78 Å². The monoisotopic (exact) mass is 530 g/mol. The van der Waals surface area contributed by atoms with Gasteiger partial charge in [0, 0.05) is 46.7 Å². The van der Waals surface area contributed by atoms with E-state index in [2.05, 4.69) is 0 Å². The first-order valence-electron chi connectivity index (χ1n) is 12.9. The van der Waals surface area contributed by atoms with Crippen LogP contribution in [-0.4, -0.2) is 83.4 Å². The second-order valence-electron chi connectivity index (χ2n) is 10.6. The summed E-state index contributed by atoms with van der Waals surface area (Å²) in [5.41, 5.74) is 2.15. The highest BCUT2D eigenvalue weighted by Gasteiger charge is 2.27. The Morgan fingerprint density at radius 1 is 1.27 bits per heavy atom. The van der Waals surface area contributed by atoms with Crippen molar-refractivity contribution in [3.63, 3.8) is 0 Å². The Labute approximate surface area is 222 Å². The van der Waals surface area contributed by atoms with Gasteiger partial charge >= 0.3 is 6.09 Å². The summed E-state index contributed by atoms with van der Waals surface area (Å²) in [7, 11) is 3.51. The van der Waals surface area contributed by atoms with Crippen LogP contribution < -0.4 is 0 Å². The molecular formula is C27H38N4O5S. The molecule has 0 N–H and O–H groups in total. The lowest BCUT2D eigenvalue weighted by Crippen LogP contribution is -2.40. The number of unbranched alkanes of at least 4 members (excludes halogenated alkanes) is 1. The molecule has 3 heterocycles. The average Bonchev–Trinajstić information content (AvgIpc) is 3.56. The first-order valence-corrected chi connectivity index (χ1v) is 13.7. The van der Waals surface area contributed by atoms with Gasteiger partial charge in [0.05, 0.1) is 23.7 Å². The summed E-state index contributed by atoms with van der Waals surface area (Å²) < 4.78 is 18.5. The zero-order valence-electron chi connectivity index (χ0n) is 22.5. The zero-order chi connectivity index (χ0) is 26.6. The van der Waals surface area contributed by atoms with Crippen LogP contribution in [0, 0.1) is 0 Å². The molecule has 0 spiro atoms. The molecule has 1 aromatic carbocycles. The smallest absolute Gasteiger partial charge is 0.410 e. The third-order valence-corrected chi connectivity index (χ3v) is 7.26. The second-order valence-corrected chi connectivity index (χ2v) is 11.6. The van der Waals surface area contributed by atoms with Crippen molar-refractivity contribution in [2.75, 3.05) is 40.5 Å². The quantitative estimate of drug-likeness (QED) is 0.344. The third-order valence-electron chi connectivity index (χ3n) is 6.29. The molecule has 2 aromatic heterocycles. The zero-order valence-corrected chi connectivity index (χ0v) is 23.3. The Bertz CT molecular complexity index is 1220. The van der Waals surface area contributed by atoms with Crippen LogP contribution in [0.5, 0.6) is 0 Å². The van der Waals surface area contributed by atoms with Crippen molar-refractivity contribution in [2.45, 2.75) is 64.7 Å². The lowest BCUT2D eigenvalue weighted by atomic mass is 10.1. The number of amides is 2. The van der Waals surface area contributed by atoms with Crippen LogP contribution >= 0.6 is 11.3 Å². The summed E-state index contributed by atoms with van der Waals surface area (Å²) in [4.78, 5) is 35.6. The van der Waals surface area contributed by atoms with Crippen molar-refractivity contribution in [2.24, 2.45) is 0 Å². The van der Waals surface area contributed by atoms with Gasteiger partial charge in [0.25, 0.3) is 5.91 Å². The minimum absolute atomic E-state index is 0.00936. The second kappa shape index (κ2) is 11.8. The molecule has 4 rings (SSSR count). The van der Waals surface area contributed by atoms with Crippen LogP contribution in [0.15, 0.2) is 24.4 Å². The Hall–Kier alpha value is -2.69. The molecule has 1 aliphatic heterocycles. The molecule has 1 fully saturated rings. The van der Waals surface area contributed by atoms with Gasteiger partial charge in [0.1, 0.15) is 10.5 Å². The van der Waals surface area contributed by atoms with E-state index in [1.165, 1.54) is 11.3 Å². The maximum atomic E-state index is 13.0. The Morgan fingerprint density at radius 3 is 2.78 bits per heavy atom. The number of carbonyl (C=O) groups is 2. The van der Waals surface area contributed by atoms with Gasteiger partial charge in [0.15, 0.2) is 4.96 Å². The first-order chi connectivity index (χ1) is 17.6. The molecule has 3 aromatic rings. The molecule has 1 saturated heterocycles. The number of benzene rings is 1. The van der Waals surface area contributed by atoms with E-state index in [9.17, 15) is 9.59 Å². The Balaban J connectivity index is 1.53. The number of ether oxygens (including phenoxy) is 3. The molecule has 10 heteroatoms. The molecule has 2 amide bonds. The van der Waals surface area contributed by atoms with Crippen molar-refractivity contribution in [3.8, 4) is 0 Å². The number of rotatable bonds is 10. The standard InChI is InChI=1S/C27H38N4O5S/c1-27(2,3)36-26(33)30(17-20-9-8-14-35-20)16-19-10-11-21-22(15-19)31-18-23(37-25(31)28-21)24(32)29(4)12-6-7-13-34-5/h10-11,15,18,20H,6-9,12-14,16-17H2,1-5H3/t20-/m1/s1. The molecule has 0 bridgehead atoms. The third kappa shape index (κ3) is 7.00. The fraction of sp³-hybridized carbons (Fsp3) is 0.593. The van der Waals surface area contributed by atoms with E-state index in [4.69, 9.17) is 19.2 Å². The number of fused-ring (bicyclic) bond motifs is 3. The number of hydrogen-bond donors (Lipinski definition) is 0. The largest absolute Gasteiger partial charge is 0.444 e. The van der Waals surface area contributed by atoms with Gasteiger partial charge in [-0.2, -0.15) is 0 Å². The highest BCUT2D eigenvalue weighted by molar-refractivity contribution is 7.18. The summed E-state index contributed by atoms with van der Waals surface area (Å²) in [6.07, 6.45) is 5.30. The van der Waals surface area contributed by atoms with Crippen molar-refractivity contribution in [1.82, 2.24) is 19.2 Å². The molecule has 0 unspecified atom stereocenters. The van der Waals surface area contributed by atoms with Crippen LogP contribution in [0.4, 0.5) is 4.79 Å². The van der Waals surface area contributed by atoms with E-state index < -0.39 is 5.60 Å². The SMILES string of the molecule is COCCCCN(C)C(=O)c1cn2c(nc3ccc(CN(C[C@H]4CCCO4)C(=O)OC(C)(C)C)cc32)s1. The van der Waals surface area contributed by atoms with Gasteiger partial charge in [0.2, 0.25) is 0 Å². The summed E-state index contributed by atoms with van der Waals surface area (Å²) >= 11 is 1.39. The predicted octanol–water partition coefficient (Wildman–Crippen LogP) is 4.96. The number of methoxy groups -OCH3 is 1. The Kier molecular flexibility index (Phi) is 8.71. The normalized spacial score (nSPS) is 16.0. The molecule has 0 radical (unpaired) electrons. The van der Waals surface area contributed by atoms with Crippen molar-refractivity contribution >= 4 is 39.3 Å². The minimum atomic E-state index is -0.579. The maximum Gasteiger partial charge on any atom is 0.410 e. The topological polar surface area (TPSA) is 85.6 Å². The highest BCUT2D eigenvalue weighted by atomic mass is 32.1. The van der Waals surface area contributed by atoms with E-state index in [0.29, 0.717) is 31.1 Å². The number of nitrogens with zero attached hydrogens (tertiary/aromatic N) is 4. The lowest BCUT2D eigenvalue weighted by molar-refractivity contribution is 0.00860. The van der Waals surface area contributed by atoms with Crippen LogP contribution in [-0.2, 0) is 20.8 Å². The summed E-state index contributed by atoms with van der Waals surface area (Å²) in [6.45, 7) is 8.61. The van der Waals surface area contributed by atoms with E-state index in [-0.39, 0.29) is 18.1 Å². The summed E-state index contributed by atoms with van der Waals surface area (Å²) in [5, 5.41) is 0. The lowest BCUT2D eigenvalue weighted by Gasteiger charge is -2.29. The van der Waals surface area contributed by atoms with E-state index in [0.717, 1.165) is 53.8 Å². The van der Waals surface area contributed by atoms with Crippen molar-refractivity contribution in [1.29, 1.82) is 0 Å². The molecule has 0 aliphatic carbocycles. The van der Waals surface area contributed by atoms with Gasteiger partial charge in [-0.3, -0.25) is 9.20 Å². The summed E-state index contributed by atoms with van der Waals surface area (Å²) in [6, 6.07) is 6.00. The van der Waals surface area contributed by atoms with Crippen molar-refractivity contribution in [3.05, 3.63) is 34.8 Å². The van der Waals surface area contributed by atoms with Gasteiger partial charge in [-0.15, -0.1) is 0 Å². The van der Waals surface area contributed by atoms with Crippen LogP contribution in [0.1, 0.15) is 61.7 Å². The number of hydrogen-bond acceptors (Lipinski definition) is 7. The Morgan fingerprint density at radius 2 is 2.08 bits per heavy atom. The van der Waals surface area contributed by atoms with Gasteiger partial charge in [-0.1, -0.05) is 17.4 Å². The minimum Gasteiger partial charge on any atom is -0.444 e. The highest BCUT2D eigenvalue weighted by Crippen LogP contribution is 2.26. The molecular weight excluding hydrogens is 492 g/mol. The van der Waals surface area contributed by atoms with E-state index >= 15 is 0 Å². The predicted molar refractivity (Wildman–Crippen MR) is 144 cm³/mol. The molecule has 37 heavy (non-hydrogen) atoms. The average molecular weight is 531 g/mol. The van der Waals surface area contributed by atoms with Gasteiger partial charge < -0.3 is 24.0 Å². The van der Waals surface area contributed by atoms with Crippen molar-refractivity contribution < 1.29 is 23.8 Å². The molecule has 202 valence electrons. The molecule has 9 nitrogen and oxygen atoms in total. The van der Waals surface area contributed by atoms with Gasteiger partial charge in [-0.05, 0) is 64.2 Å². The number of imidazole rings is 1. The van der Waals surface area contributed by atoms with E-state index in [1.807, 2.05) is 56.6 Å². The number of aromatic nitrogens is 2.